The molecule has 0 bridgehead atoms. The van der Waals surface area contributed by atoms with Crippen molar-refractivity contribution in [2.24, 2.45) is 0 Å². The van der Waals surface area contributed by atoms with E-state index in [-0.39, 0.29) is 12.7 Å². The van der Waals surface area contributed by atoms with Crippen LogP contribution in [-0.4, -0.2) is 16.2 Å². The molecular weight excluding hydrogens is 368 g/mol. The predicted octanol–water partition coefficient (Wildman–Crippen LogP) is 5.26. The number of anilines is 2. The van der Waals surface area contributed by atoms with Crippen LogP contribution < -0.4 is 10.1 Å². The van der Waals surface area contributed by atoms with Crippen molar-refractivity contribution in [3.8, 4) is 5.75 Å². The third-order valence-electron chi connectivity index (χ3n) is 4.02. The zero-order chi connectivity index (χ0) is 17.7. The van der Waals surface area contributed by atoms with Gasteiger partial charge >= 0.3 is 0 Å². The minimum Gasteiger partial charge on any atom is -0.490 e. The van der Waals surface area contributed by atoms with Crippen molar-refractivity contribution < 1.29 is 9.84 Å². The van der Waals surface area contributed by atoms with Gasteiger partial charge in [-0.25, -0.2) is 4.98 Å². The molecule has 1 aromatic heterocycles. The number of hydrogen-bond donors (Lipinski definition) is 2. The fourth-order valence-corrected chi connectivity index (χ4v) is 3.04. The third kappa shape index (κ3) is 4.48. The van der Waals surface area contributed by atoms with Crippen LogP contribution in [0, 0.1) is 13.8 Å². The zero-order valence-electron chi connectivity index (χ0n) is 14.7. The largest absolute Gasteiger partial charge is 0.490 e. The number of aromatic nitrogens is 1. The van der Waals surface area contributed by atoms with Crippen LogP contribution in [0.2, 0.25) is 0 Å². The van der Waals surface area contributed by atoms with E-state index < -0.39 is 0 Å². The Balaban J connectivity index is 2.40. The Bertz CT molecular complexity index is 700. The number of aliphatic hydroxyl groups is 1. The number of benzene rings is 1. The van der Waals surface area contributed by atoms with Crippen LogP contribution in [0.1, 0.15) is 43.5 Å². The van der Waals surface area contributed by atoms with E-state index in [0.717, 1.165) is 34.3 Å². The molecule has 4 nitrogen and oxygen atoms in total. The first-order valence-corrected chi connectivity index (χ1v) is 9.08. The van der Waals surface area contributed by atoms with Crippen molar-refractivity contribution in [3.63, 3.8) is 0 Å². The fourth-order valence-electron chi connectivity index (χ4n) is 2.56. The van der Waals surface area contributed by atoms with Gasteiger partial charge < -0.3 is 15.2 Å². The van der Waals surface area contributed by atoms with Crippen LogP contribution >= 0.6 is 15.9 Å². The number of hydrogen-bond acceptors (Lipinski definition) is 4. The van der Waals surface area contributed by atoms with E-state index in [9.17, 15) is 5.11 Å². The Labute approximate surface area is 152 Å². The van der Waals surface area contributed by atoms with Gasteiger partial charge in [0.15, 0.2) is 0 Å². The molecule has 2 N–H and O–H groups in total. The van der Waals surface area contributed by atoms with E-state index in [1.54, 1.807) is 0 Å². The molecule has 0 aliphatic rings. The summed E-state index contributed by atoms with van der Waals surface area (Å²) in [5.41, 5.74) is 3.60. The molecule has 0 unspecified atom stereocenters. The van der Waals surface area contributed by atoms with Gasteiger partial charge in [0.1, 0.15) is 11.6 Å². The quantitative estimate of drug-likeness (QED) is 0.674. The monoisotopic (exact) mass is 392 g/mol. The summed E-state index contributed by atoms with van der Waals surface area (Å²) in [7, 11) is 0. The Kier molecular flexibility index (Phi) is 6.63. The highest BCUT2D eigenvalue weighted by atomic mass is 79.9. The van der Waals surface area contributed by atoms with E-state index in [1.807, 2.05) is 38.1 Å². The second kappa shape index (κ2) is 8.49. The molecule has 5 heteroatoms. The van der Waals surface area contributed by atoms with Gasteiger partial charge in [0, 0.05) is 21.9 Å². The lowest BCUT2D eigenvalue weighted by Crippen LogP contribution is -2.16. The van der Waals surface area contributed by atoms with Crippen LogP contribution in [0.3, 0.4) is 0 Å². The van der Waals surface area contributed by atoms with Crippen molar-refractivity contribution in [1.82, 2.24) is 4.98 Å². The molecule has 130 valence electrons. The lowest BCUT2D eigenvalue weighted by molar-refractivity contribution is 0.184. The molecule has 0 saturated carbocycles. The van der Waals surface area contributed by atoms with Crippen LogP contribution in [-0.2, 0) is 6.61 Å². The van der Waals surface area contributed by atoms with Gasteiger partial charge in [-0.1, -0.05) is 29.8 Å². The number of nitrogens with one attached hydrogen (secondary N) is 1. The van der Waals surface area contributed by atoms with Gasteiger partial charge in [-0.15, -0.1) is 0 Å². The molecule has 0 aliphatic heterocycles. The molecule has 2 rings (SSSR count). The SMILES string of the molecule is CCC(CC)Oc1cc(C)nc(Nc2ccc(Br)cc2C)c1CO. The molecule has 0 aliphatic carbocycles. The van der Waals surface area contributed by atoms with Crippen LogP contribution in [0.25, 0.3) is 0 Å². The summed E-state index contributed by atoms with van der Waals surface area (Å²) in [5, 5.41) is 13.2. The summed E-state index contributed by atoms with van der Waals surface area (Å²) in [6.07, 6.45) is 1.99. The number of rotatable bonds is 7. The van der Waals surface area contributed by atoms with Gasteiger partial charge in [0.25, 0.3) is 0 Å². The van der Waals surface area contributed by atoms with Crippen molar-refractivity contribution in [3.05, 3.63) is 45.6 Å². The van der Waals surface area contributed by atoms with Gasteiger partial charge in [0.05, 0.1) is 18.3 Å². The molecule has 0 atom stereocenters. The lowest BCUT2D eigenvalue weighted by atomic mass is 10.1. The lowest BCUT2D eigenvalue weighted by Gasteiger charge is -2.21. The average Bonchev–Trinajstić information content (AvgIpc) is 2.55. The van der Waals surface area contributed by atoms with Crippen molar-refractivity contribution in [1.29, 1.82) is 0 Å². The van der Waals surface area contributed by atoms with E-state index in [4.69, 9.17) is 4.74 Å². The fraction of sp³-hybridized carbons (Fsp3) is 0.421. The van der Waals surface area contributed by atoms with Gasteiger partial charge in [-0.2, -0.15) is 0 Å². The summed E-state index contributed by atoms with van der Waals surface area (Å²) in [6.45, 7) is 8.04. The molecule has 24 heavy (non-hydrogen) atoms. The number of pyridine rings is 1. The molecule has 1 aromatic carbocycles. The number of halogens is 1. The third-order valence-corrected chi connectivity index (χ3v) is 4.51. The van der Waals surface area contributed by atoms with Gasteiger partial charge in [0.2, 0.25) is 0 Å². The topological polar surface area (TPSA) is 54.4 Å². The highest BCUT2D eigenvalue weighted by molar-refractivity contribution is 9.10. The maximum Gasteiger partial charge on any atom is 0.139 e. The van der Waals surface area contributed by atoms with E-state index in [2.05, 4.69) is 40.1 Å². The maximum atomic E-state index is 9.87. The molecule has 0 amide bonds. The molecular formula is C19H25BrN2O2. The Morgan fingerprint density at radius 2 is 1.92 bits per heavy atom. The summed E-state index contributed by atoms with van der Waals surface area (Å²) >= 11 is 3.47. The Hall–Kier alpha value is -1.59. The second-order valence-electron chi connectivity index (χ2n) is 5.89. The van der Waals surface area contributed by atoms with E-state index in [0.29, 0.717) is 17.1 Å². The first-order chi connectivity index (χ1) is 11.5. The molecule has 0 radical (unpaired) electrons. The molecule has 0 fully saturated rings. The number of aryl methyl sites for hydroxylation is 2. The first kappa shape index (κ1) is 18.7. The zero-order valence-corrected chi connectivity index (χ0v) is 16.3. The summed E-state index contributed by atoms with van der Waals surface area (Å²) in [5.74, 6) is 1.35. The Morgan fingerprint density at radius 3 is 2.50 bits per heavy atom. The molecule has 1 heterocycles. The summed E-state index contributed by atoms with van der Waals surface area (Å²) in [4.78, 5) is 4.56. The number of aliphatic hydroxyl groups excluding tert-OH is 1. The van der Waals surface area contributed by atoms with Gasteiger partial charge in [-0.05, 0) is 50.5 Å². The number of nitrogens with zero attached hydrogens (tertiary/aromatic N) is 1. The molecule has 0 saturated heterocycles. The molecule has 2 aromatic rings. The predicted molar refractivity (Wildman–Crippen MR) is 102 cm³/mol. The minimum absolute atomic E-state index is 0.124. The Morgan fingerprint density at radius 1 is 1.21 bits per heavy atom. The normalized spacial score (nSPS) is 11.0. The second-order valence-corrected chi connectivity index (χ2v) is 6.80. The average molecular weight is 393 g/mol. The number of ether oxygens (including phenoxy) is 1. The van der Waals surface area contributed by atoms with E-state index >= 15 is 0 Å². The maximum absolute atomic E-state index is 9.87. The van der Waals surface area contributed by atoms with Crippen molar-refractivity contribution in [2.75, 3.05) is 5.32 Å². The minimum atomic E-state index is -0.124. The first-order valence-electron chi connectivity index (χ1n) is 8.29. The van der Waals surface area contributed by atoms with Gasteiger partial charge in [-0.3, -0.25) is 0 Å². The smallest absolute Gasteiger partial charge is 0.139 e. The highest BCUT2D eigenvalue weighted by Gasteiger charge is 2.16. The highest BCUT2D eigenvalue weighted by Crippen LogP contribution is 2.31. The van der Waals surface area contributed by atoms with E-state index in [1.165, 1.54) is 0 Å². The van der Waals surface area contributed by atoms with Crippen LogP contribution in [0.15, 0.2) is 28.7 Å². The molecule has 0 spiro atoms. The van der Waals surface area contributed by atoms with Crippen LogP contribution in [0.4, 0.5) is 11.5 Å². The van der Waals surface area contributed by atoms with Crippen LogP contribution in [0.5, 0.6) is 5.75 Å². The summed E-state index contributed by atoms with van der Waals surface area (Å²) in [6, 6.07) is 7.90. The van der Waals surface area contributed by atoms with Crippen molar-refractivity contribution in [2.45, 2.75) is 53.2 Å². The summed E-state index contributed by atoms with van der Waals surface area (Å²) < 4.78 is 7.13. The van der Waals surface area contributed by atoms with Crippen molar-refractivity contribution >= 4 is 27.4 Å². The standard InChI is InChI=1S/C19H25BrN2O2/c1-5-15(6-2)24-18-10-13(4)21-19(16(18)11-23)22-17-8-7-14(20)9-12(17)3/h7-10,15,23H,5-6,11H2,1-4H3,(H,21,22).